The molecular formula is C15H19NO. The van der Waals surface area contributed by atoms with Crippen molar-refractivity contribution in [3.63, 3.8) is 0 Å². The van der Waals surface area contributed by atoms with Gasteiger partial charge in [0.05, 0.1) is 12.7 Å². The summed E-state index contributed by atoms with van der Waals surface area (Å²) < 4.78 is 5.71. The molecule has 1 aromatic rings. The zero-order valence-electron chi connectivity index (χ0n) is 10.2. The largest absolute Gasteiger partial charge is 0.494 e. The molecule has 0 unspecified atom stereocenters. The standard InChI is InChI=1S/C15H19NO/c16-10-4-1-5-11-17-15-9-8-13-6-2-3-7-14(13)12-15/h8-9,12H,1-7,11H2. The van der Waals surface area contributed by atoms with Gasteiger partial charge >= 0.3 is 0 Å². The Morgan fingerprint density at radius 2 is 1.94 bits per heavy atom. The summed E-state index contributed by atoms with van der Waals surface area (Å²) in [5.41, 5.74) is 2.96. The number of unbranched alkanes of at least 4 members (excludes halogenated alkanes) is 2. The SMILES string of the molecule is N#CCCCCOc1ccc2c(c1)CCCC2. The van der Waals surface area contributed by atoms with E-state index in [0.29, 0.717) is 6.42 Å². The first-order chi connectivity index (χ1) is 8.40. The van der Waals surface area contributed by atoms with E-state index in [-0.39, 0.29) is 0 Å². The minimum absolute atomic E-state index is 0.632. The number of benzene rings is 1. The van der Waals surface area contributed by atoms with Gasteiger partial charge in [-0.3, -0.25) is 0 Å². The molecule has 0 atom stereocenters. The zero-order valence-corrected chi connectivity index (χ0v) is 10.2. The second kappa shape index (κ2) is 6.30. The van der Waals surface area contributed by atoms with Crippen molar-refractivity contribution in [1.29, 1.82) is 5.26 Å². The Balaban J connectivity index is 1.83. The summed E-state index contributed by atoms with van der Waals surface area (Å²) in [6, 6.07) is 8.63. The average Bonchev–Trinajstić information content (AvgIpc) is 2.38. The van der Waals surface area contributed by atoms with Gasteiger partial charge < -0.3 is 4.74 Å². The van der Waals surface area contributed by atoms with Crippen LogP contribution in [0.15, 0.2) is 18.2 Å². The van der Waals surface area contributed by atoms with Gasteiger partial charge in [-0.05, 0) is 61.8 Å². The molecule has 0 heterocycles. The van der Waals surface area contributed by atoms with Gasteiger partial charge in [-0.25, -0.2) is 0 Å². The molecule has 0 saturated carbocycles. The first-order valence-electron chi connectivity index (χ1n) is 6.52. The molecule has 17 heavy (non-hydrogen) atoms. The highest BCUT2D eigenvalue weighted by Crippen LogP contribution is 2.25. The smallest absolute Gasteiger partial charge is 0.119 e. The Bertz CT molecular complexity index is 406. The van der Waals surface area contributed by atoms with E-state index in [0.717, 1.165) is 25.2 Å². The van der Waals surface area contributed by atoms with Crippen molar-refractivity contribution in [2.24, 2.45) is 0 Å². The molecule has 0 bridgehead atoms. The Morgan fingerprint density at radius 1 is 1.12 bits per heavy atom. The van der Waals surface area contributed by atoms with Crippen molar-refractivity contribution in [3.8, 4) is 11.8 Å². The summed E-state index contributed by atoms with van der Waals surface area (Å²) in [7, 11) is 0. The first-order valence-corrected chi connectivity index (χ1v) is 6.52. The number of nitrogens with zero attached hydrogens (tertiary/aromatic N) is 1. The number of rotatable bonds is 5. The van der Waals surface area contributed by atoms with Crippen LogP contribution in [0.5, 0.6) is 5.75 Å². The van der Waals surface area contributed by atoms with E-state index in [4.69, 9.17) is 10.00 Å². The highest BCUT2D eigenvalue weighted by atomic mass is 16.5. The van der Waals surface area contributed by atoms with Crippen molar-refractivity contribution in [3.05, 3.63) is 29.3 Å². The summed E-state index contributed by atoms with van der Waals surface area (Å²) in [6.07, 6.45) is 7.57. The molecule has 0 radical (unpaired) electrons. The summed E-state index contributed by atoms with van der Waals surface area (Å²) in [6.45, 7) is 0.723. The molecule has 0 aliphatic heterocycles. The predicted octanol–water partition coefficient (Wildman–Crippen LogP) is 3.64. The molecule has 0 aromatic heterocycles. The highest BCUT2D eigenvalue weighted by molar-refractivity contribution is 5.37. The summed E-state index contributed by atoms with van der Waals surface area (Å²) in [4.78, 5) is 0. The van der Waals surface area contributed by atoms with Crippen LogP contribution < -0.4 is 4.74 Å². The van der Waals surface area contributed by atoms with E-state index < -0.39 is 0 Å². The van der Waals surface area contributed by atoms with E-state index in [9.17, 15) is 0 Å². The van der Waals surface area contributed by atoms with Gasteiger partial charge in [-0.1, -0.05) is 6.07 Å². The lowest BCUT2D eigenvalue weighted by Crippen LogP contribution is -2.04. The molecule has 0 N–H and O–H groups in total. The fourth-order valence-corrected chi connectivity index (χ4v) is 2.30. The van der Waals surface area contributed by atoms with Crippen molar-refractivity contribution in [2.75, 3.05) is 6.61 Å². The van der Waals surface area contributed by atoms with E-state index >= 15 is 0 Å². The van der Waals surface area contributed by atoms with Gasteiger partial charge in [0, 0.05) is 6.42 Å². The van der Waals surface area contributed by atoms with E-state index in [1.807, 2.05) is 0 Å². The second-order valence-electron chi connectivity index (χ2n) is 4.60. The average molecular weight is 229 g/mol. The summed E-state index contributed by atoms with van der Waals surface area (Å²) in [5.74, 6) is 0.989. The van der Waals surface area contributed by atoms with E-state index in [1.54, 1.807) is 0 Å². The van der Waals surface area contributed by atoms with Gasteiger partial charge in [0.2, 0.25) is 0 Å². The van der Waals surface area contributed by atoms with Crippen LogP contribution in [0.3, 0.4) is 0 Å². The van der Waals surface area contributed by atoms with Gasteiger partial charge in [0.15, 0.2) is 0 Å². The molecule has 1 aliphatic carbocycles. The maximum absolute atomic E-state index is 8.42. The number of fused-ring (bicyclic) bond motifs is 1. The number of hydrogen-bond donors (Lipinski definition) is 0. The third-order valence-corrected chi connectivity index (χ3v) is 3.27. The summed E-state index contributed by atoms with van der Waals surface area (Å²) >= 11 is 0. The van der Waals surface area contributed by atoms with Crippen LogP contribution in [0.1, 0.15) is 43.2 Å². The molecule has 2 heteroatoms. The topological polar surface area (TPSA) is 33.0 Å². The van der Waals surface area contributed by atoms with Gasteiger partial charge in [0.25, 0.3) is 0 Å². The minimum Gasteiger partial charge on any atom is -0.494 e. The van der Waals surface area contributed by atoms with Crippen LogP contribution in [0.25, 0.3) is 0 Å². The van der Waals surface area contributed by atoms with E-state index in [2.05, 4.69) is 24.3 Å². The zero-order chi connectivity index (χ0) is 11.9. The second-order valence-corrected chi connectivity index (χ2v) is 4.60. The monoisotopic (exact) mass is 229 g/mol. The lowest BCUT2D eigenvalue weighted by Gasteiger charge is -2.16. The maximum atomic E-state index is 8.42. The third kappa shape index (κ3) is 3.49. The number of nitriles is 1. The summed E-state index contributed by atoms with van der Waals surface area (Å²) in [5, 5.41) is 8.42. The lowest BCUT2D eigenvalue weighted by atomic mass is 9.92. The quantitative estimate of drug-likeness (QED) is 0.722. The van der Waals surface area contributed by atoms with Gasteiger partial charge in [0.1, 0.15) is 5.75 Å². The lowest BCUT2D eigenvalue weighted by molar-refractivity contribution is 0.307. The Labute approximate surface area is 103 Å². The molecule has 90 valence electrons. The molecule has 1 aliphatic rings. The van der Waals surface area contributed by atoms with Crippen LogP contribution >= 0.6 is 0 Å². The van der Waals surface area contributed by atoms with Crippen molar-refractivity contribution < 1.29 is 4.74 Å². The Kier molecular flexibility index (Phi) is 4.44. The van der Waals surface area contributed by atoms with Crippen LogP contribution in [0, 0.1) is 11.3 Å². The number of ether oxygens (including phenoxy) is 1. The molecule has 0 saturated heterocycles. The van der Waals surface area contributed by atoms with Crippen molar-refractivity contribution in [1.82, 2.24) is 0 Å². The number of aryl methyl sites for hydroxylation is 2. The predicted molar refractivity (Wildman–Crippen MR) is 68.0 cm³/mol. The maximum Gasteiger partial charge on any atom is 0.119 e. The van der Waals surface area contributed by atoms with Crippen molar-refractivity contribution in [2.45, 2.75) is 44.9 Å². The fraction of sp³-hybridized carbons (Fsp3) is 0.533. The molecule has 2 nitrogen and oxygen atoms in total. The van der Waals surface area contributed by atoms with Gasteiger partial charge in [-0.15, -0.1) is 0 Å². The van der Waals surface area contributed by atoms with Crippen LogP contribution in [0.2, 0.25) is 0 Å². The molecule has 0 amide bonds. The Hall–Kier alpha value is -1.49. The van der Waals surface area contributed by atoms with E-state index in [1.165, 1.54) is 36.8 Å². The van der Waals surface area contributed by atoms with Crippen LogP contribution in [-0.2, 0) is 12.8 Å². The van der Waals surface area contributed by atoms with Gasteiger partial charge in [-0.2, -0.15) is 5.26 Å². The molecule has 0 spiro atoms. The fourth-order valence-electron chi connectivity index (χ4n) is 2.30. The number of hydrogen-bond acceptors (Lipinski definition) is 2. The van der Waals surface area contributed by atoms with Crippen LogP contribution in [-0.4, -0.2) is 6.61 Å². The first kappa shape index (κ1) is 12.0. The normalized spacial score (nSPS) is 13.8. The third-order valence-electron chi connectivity index (χ3n) is 3.27. The van der Waals surface area contributed by atoms with Crippen molar-refractivity contribution >= 4 is 0 Å². The molecule has 0 fully saturated rings. The Morgan fingerprint density at radius 3 is 2.76 bits per heavy atom. The minimum atomic E-state index is 0.632. The molecular weight excluding hydrogens is 210 g/mol. The van der Waals surface area contributed by atoms with Crippen LogP contribution in [0.4, 0.5) is 0 Å². The highest BCUT2D eigenvalue weighted by Gasteiger charge is 2.09. The molecule has 1 aromatic carbocycles. The molecule has 2 rings (SSSR count).